The Morgan fingerprint density at radius 3 is 2.61 bits per heavy atom. The van der Waals surface area contributed by atoms with E-state index in [0.29, 0.717) is 29.3 Å². The molecule has 2 aliphatic rings. The molecule has 0 saturated heterocycles. The van der Waals surface area contributed by atoms with Crippen molar-refractivity contribution in [3.63, 3.8) is 0 Å². The molecule has 0 bridgehead atoms. The first-order valence-electron chi connectivity index (χ1n) is 7.09. The third-order valence-electron chi connectivity index (χ3n) is 5.57. The van der Waals surface area contributed by atoms with Gasteiger partial charge in [0.05, 0.1) is 6.61 Å². The standard InChI is InChI=1S/C16H26O2/c1-11(10-18-12(2)17)6-7-13-8-14-9-16(14,5)15(13,3)4/h6-7,11,13-14H,8-10H2,1-5H3/b7-6+. The minimum atomic E-state index is -0.190. The number of ether oxygens (including phenoxy) is 1. The molecule has 0 radical (unpaired) electrons. The van der Waals surface area contributed by atoms with Gasteiger partial charge in [0.15, 0.2) is 0 Å². The molecular weight excluding hydrogens is 224 g/mol. The Morgan fingerprint density at radius 2 is 2.11 bits per heavy atom. The third kappa shape index (κ3) is 2.22. The Hall–Kier alpha value is -0.790. The van der Waals surface area contributed by atoms with E-state index in [1.165, 1.54) is 19.8 Å². The maximum atomic E-state index is 10.8. The van der Waals surface area contributed by atoms with Gasteiger partial charge in [-0.2, -0.15) is 0 Å². The molecule has 2 heteroatoms. The summed E-state index contributed by atoms with van der Waals surface area (Å²) in [4.78, 5) is 10.8. The number of allylic oxidation sites excluding steroid dienone is 1. The molecule has 0 spiro atoms. The van der Waals surface area contributed by atoms with Gasteiger partial charge in [-0.1, -0.05) is 39.8 Å². The van der Waals surface area contributed by atoms with Crippen molar-refractivity contribution in [2.45, 2.75) is 47.5 Å². The van der Waals surface area contributed by atoms with Gasteiger partial charge in [0.1, 0.15) is 0 Å². The summed E-state index contributed by atoms with van der Waals surface area (Å²) < 4.78 is 5.03. The highest BCUT2D eigenvalue weighted by Crippen LogP contribution is 2.74. The molecule has 102 valence electrons. The van der Waals surface area contributed by atoms with E-state index in [1.54, 1.807) is 0 Å². The van der Waals surface area contributed by atoms with Gasteiger partial charge >= 0.3 is 5.97 Å². The lowest BCUT2D eigenvalue weighted by Crippen LogP contribution is -2.26. The van der Waals surface area contributed by atoms with Crippen LogP contribution < -0.4 is 0 Å². The Bertz CT molecular complexity index is 369. The largest absolute Gasteiger partial charge is 0.465 e. The number of hydrogen-bond donors (Lipinski definition) is 0. The summed E-state index contributed by atoms with van der Waals surface area (Å²) in [6.45, 7) is 11.3. The molecule has 4 unspecified atom stereocenters. The number of fused-ring (bicyclic) bond motifs is 1. The zero-order valence-corrected chi connectivity index (χ0v) is 12.3. The number of carbonyl (C=O) groups excluding carboxylic acids is 1. The van der Waals surface area contributed by atoms with Crippen molar-refractivity contribution in [1.82, 2.24) is 0 Å². The predicted molar refractivity (Wildman–Crippen MR) is 73.0 cm³/mol. The molecule has 0 heterocycles. The maximum absolute atomic E-state index is 10.8. The minimum absolute atomic E-state index is 0.190. The second-order valence-corrected chi connectivity index (χ2v) is 7.05. The Morgan fingerprint density at radius 1 is 1.44 bits per heavy atom. The summed E-state index contributed by atoms with van der Waals surface area (Å²) in [5, 5.41) is 0. The highest BCUT2D eigenvalue weighted by Gasteiger charge is 2.66. The molecule has 18 heavy (non-hydrogen) atoms. The molecule has 2 fully saturated rings. The fourth-order valence-electron chi connectivity index (χ4n) is 3.56. The van der Waals surface area contributed by atoms with Crippen molar-refractivity contribution in [2.24, 2.45) is 28.6 Å². The zero-order valence-electron chi connectivity index (χ0n) is 12.3. The summed E-state index contributed by atoms with van der Waals surface area (Å²) in [5.74, 6) is 1.74. The Labute approximate surface area is 111 Å². The van der Waals surface area contributed by atoms with Crippen LogP contribution in [0.4, 0.5) is 0 Å². The first-order valence-corrected chi connectivity index (χ1v) is 7.09. The lowest BCUT2D eigenvalue weighted by Gasteiger charge is -2.34. The van der Waals surface area contributed by atoms with Crippen LogP contribution in [0, 0.1) is 28.6 Å². The van der Waals surface area contributed by atoms with E-state index in [1.807, 2.05) is 0 Å². The second kappa shape index (κ2) is 4.40. The van der Waals surface area contributed by atoms with E-state index < -0.39 is 0 Å². The molecule has 0 aromatic carbocycles. The number of esters is 1. The van der Waals surface area contributed by atoms with Crippen molar-refractivity contribution in [3.05, 3.63) is 12.2 Å². The summed E-state index contributed by atoms with van der Waals surface area (Å²) in [6.07, 6.45) is 7.34. The van der Waals surface area contributed by atoms with Crippen molar-refractivity contribution in [2.75, 3.05) is 6.61 Å². The molecule has 0 aromatic rings. The molecule has 4 atom stereocenters. The minimum Gasteiger partial charge on any atom is -0.465 e. The monoisotopic (exact) mass is 250 g/mol. The van der Waals surface area contributed by atoms with E-state index in [9.17, 15) is 4.79 Å². The van der Waals surface area contributed by atoms with Crippen molar-refractivity contribution >= 4 is 5.97 Å². The normalized spacial score (nSPS) is 38.5. The predicted octanol–water partition coefficient (Wildman–Crippen LogP) is 3.81. The van der Waals surface area contributed by atoms with Crippen LogP contribution in [-0.4, -0.2) is 12.6 Å². The molecule has 2 rings (SSSR count). The third-order valence-corrected chi connectivity index (χ3v) is 5.57. The molecule has 0 amide bonds. The van der Waals surface area contributed by atoms with Gasteiger partial charge < -0.3 is 4.74 Å². The van der Waals surface area contributed by atoms with Gasteiger partial charge in [-0.25, -0.2) is 0 Å². The average molecular weight is 250 g/mol. The van der Waals surface area contributed by atoms with Gasteiger partial charge in [-0.3, -0.25) is 4.79 Å². The SMILES string of the molecule is CC(=O)OCC(C)/C=C/C1CC2CC2(C)C1(C)C. The Balaban J connectivity index is 1.89. The number of rotatable bonds is 4. The van der Waals surface area contributed by atoms with E-state index in [2.05, 4.69) is 39.8 Å². The van der Waals surface area contributed by atoms with Crippen molar-refractivity contribution in [1.29, 1.82) is 0 Å². The van der Waals surface area contributed by atoms with E-state index >= 15 is 0 Å². The van der Waals surface area contributed by atoms with Gasteiger partial charge in [0.25, 0.3) is 0 Å². The number of carbonyl (C=O) groups is 1. The van der Waals surface area contributed by atoms with Crippen LogP contribution in [0.2, 0.25) is 0 Å². The molecule has 2 nitrogen and oxygen atoms in total. The molecule has 0 N–H and O–H groups in total. The second-order valence-electron chi connectivity index (χ2n) is 7.05. The van der Waals surface area contributed by atoms with Crippen LogP contribution in [-0.2, 0) is 9.53 Å². The van der Waals surface area contributed by atoms with Crippen molar-refractivity contribution in [3.8, 4) is 0 Å². The van der Waals surface area contributed by atoms with Gasteiger partial charge in [0.2, 0.25) is 0 Å². The number of hydrogen-bond acceptors (Lipinski definition) is 2. The van der Waals surface area contributed by atoms with E-state index in [-0.39, 0.29) is 5.97 Å². The van der Waals surface area contributed by atoms with Crippen LogP contribution in [0.1, 0.15) is 47.5 Å². The molecular formula is C16H26O2. The summed E-state index contributed by atoms with van der Waals surface area (Å²) >= 11 is 0. The van der Waals surface area contributed by atoms with Crippen molar-refractivity contribution < 1.29 is 9.53 Å². The fraction of sp³-hybridized carbons (Fsp3) is 0.812. The molecule has 0 aliphatic heterocycles. The lowest BCUT2D eigenvalue weighted by molar-refractivity contribution is -0.141. The fourth-order valence-corrected chi connectivity index (χ4v) is 3.56. The quantitative estimate of drug-likeness (QED) is 0.560. The highest BCUT2D eigenvalue weighted by atomic mass is 16.5. The van der Waals surface area contributed by atoms with Crippen LogP contribution >= 0.6 is 0 Å². The van der Waals surface area contributed by atoms with Crippen LogP contribution in [0.5, 0.6) is 0 Å². The first kappa shape index (κ1) is 13.6. The van der Waals surface area contributed by atoms with Gasteiger partial charge in [-0.05, 0) is 35.5 Å². The summed E-state index contributed by atoms with van der Waals surface area (Å²) in [6, 6.07) is 0. The topological polar surface area (TPSA) is 26.3 Å². The van der Waals surface area contributed by atoms with E-state index in [4.69, 9.17) is 4.74 Å². The van der Waals surface area contributed by atoms with Gasteiger partial charge in [0, 0.05) is 12.8 Å². The van der Waals surface area contributed by atoms with Crippen LogP contribution in [0.25, 0.3) is 0 Å². The first-order chi connectivity index (χ1) is 8.27. The smallest absolute Gasteiger partial charge is 0.302 e. The highest BCUT2D eigenvalue weighted by molar-refractivity contribution is 5.65. The molecule has 0 aromatic heterocycles. The van der Waals surface area contributed by atoms with E-state index in [0.717, 1.165) is 5.92 Å². The van der Waals surface area contributed by atoms with Gasteiger partial charge in [-0.15, -0.1) is 0 Å². The van der Waals surface area contributed by atoms with Crippen LogP contribution in [0.3, 0.4) is 0 Å². The Kier molecular flexibility index (Phi) is 3.33. The zero-order chi connectivity index (χ0) is 13.6. The lowest BCUT2D eigenvalue weighted by atomic mass is 9.71. The maximum Gasteiger partial charge on any atom is 0.302 e. The average Bonchev–Trinajstić information content (AvgIpc) is 2.89. The summed E-state index contributed by atoms with van der Waals surface area (Å²) in [7, 11) is 0. The summed E-state index contributed by atoms with van der Waals surface area (Å²) in [5.41, 5.74) is 0.983. The molecule has 2 saturated carbocycles. The van der Waals surface area contributed by atoms with Crippen LogP contribution in [0.15, 0.2) is 12.2 Å². The molecule has 2 aliphatic carbocycles.